The zero-order chi connectivity index (χ0) is 21.4. The van der Waals surface area contributed by atoms with Gasteiger partial charge in [-0.3, -0.25) is 9.89 Å². The third kappa shape index (κ3) is 8.72. The van der Waals surface area contributed by atoms with Crippen LogP contribution in [0.2, 0.25) is 0 Å². The Hall–Kier alpha value is -1.75. The number of likely N-dealkylation sites (tertiary alicyclic amines) is 1. The van der Waals surface area contributed by atoms with Gasteiger partial charge in [0.15, 0.2) is 5.96 Å². The molecule has 1 atom stereocenters. The lowest BCUT2D eigenvalue weighted by atomic mass is 10.1. The predicted molar refractivity (Wildman–Crippen MR) is 129 cm³/mol. The van der Waals surface area contributed by atoms with E-state index in [-0.39, 0.29) is 29.9 Å². The second-order valence-electron chi connectivity index (χ2n) is 7.60. The number of guanidine groups is 1. The van der Waals surface area contributed by atoms with Gasteiger partial charge in [-0.15, -0.1) is 24.0 Å². The Morgan fingerprint density at radius 2 is 1.94 bits per heavy atom. The minimum absolute atomic E-state index is 0. The van der Waals surface area contributed by atoms with Gasteiger partial charge in [0.2, 0.25) is 0 Å². The summed E-state index contributed by atoms with van der Waals surface area (Å²) in [6, 6.07) is 14.2. The molecule has 2 aromatic rings. The zero-order valence-electron chi connectivity index (χ0n) is 17.6. The Bertz CT molecular complexity index is 847. The second kappa shape index (κ2) is 12.3. The molecule has 2 N–H and O–H groups in total. The summed E-state index contributed by atoms with van der Waals surface area (Å²) < 4.78 is 43.3. The number of hydrogen-bond acceptors (Lipinski definition) is 3. The fourth-order valence-corrected chi connectivity index (χ4v) is 3.66. The number of ether oxygens (including phenoxy) is 1. The normalized spacial score (nSPS) is 17.4. The van der Waals surface area contributed by atoms with Crippen molar-refractivity contribution in [3.63, 3.8) is 0 Å². The van der Waals surface area contributed by atoms with Crippen LogP contribution in [0, 0.1) is 5.92 Å². The first-order valence-corrected chi connectivity index (χ1v) is 10.3. The van der Waals surface area contributed by atoms with E-state index in [0.717, 1.165) is 24.0 Å². The molecule has 9 heteroatoms. The number of aliphatic imine (C=N–C) groups is 1. The summed E-state index contributed by atoms with van der Waals surface area (Å²) in [5, 5.41) is 8.77. The van der Waals surface area contributed by atoms with Crippen LogP contribution < -0.4 is 15.4 Å². The van der Waals surface area contributed by atoms with E-state index < -0.39 is 12.7 Å². The van der Waals surface area contributed by atoms with Crippen LogP contribution in [0.15, 0.2) is 47.5 Å². The molecule has 31 heavy (non-hydrogen) atoms. The summed E-state index contributed by atoms with van der Waals surface area (Å²) in [4.78, 5) is 5.64. The van der Waals surface area contributed by atoms with Gasteiger partial charge in [-0.1, -0.05) is 30.3 Å². The van der Waals surface area contributed by atoms with E-state index in [2.05, 4.69) is 27.8 Å². The minimum Gasteiger partial charge on any atom is -0.494 e. The van der Waals surface area contributed by atoms with Crippen LogP contribution in [0.4, 0.5) is 13.2 Å². The Balaban J connectivity index is 0.00000341. The second-order valence-corrected chi connectivity index (χ2v) is 7.60. The van der Waals surface area contributed by atoms with Crippen molar-refractivity contribution >= 4 is 40.7 Å². The monoisotopic (exact) mass is 550 g/mol. The maximum atomic E-state index is 12.5. The van der Waals surface area contributed by atoms with Crippen molar-refractivity contribution in [3.05, 3.63) is 42.5 Å². The molecule has 3 rings (SSSR count). The number of alkyl halides is 3. The number of rotatable bonds is 8. The van der Waals surface area contributed by atoms with E-state index in [1.54, 1.807) is 7.05 Å². The van der Waals surface area contributed by atoms with Crippen LogP contribution in [0.3, 0.4) is 0 Å². The van der Waals surface area contributed by atoms with Gasteiger partial charge >= 0.3 is 6.18 Å². The molecular formula is C22H30F3IN4O. The van der Waals surface area contributed by atoms with E-state index in [1.807, 2.05) is 30.3 Å². The maximum absolute atomic E-state index is 12.5. The van der Waals surface area contributed by atoms with Gasteiger partial charge in [-0.2, -0.15) is 13.2 Å². The third-order valence-electron chi connectivity index (χ3n) is 5.16. The van der Waals surface area contributed by atoms with Gasteiger partial charge < -0.3 is 15.4 Å². The summed E-state index contributed by atoms with van der Waals surface area (Å²) in [5.74, 6) is 1.71. The molecule has 1 saturated heterocycles. The van der Waals surface area contributed by atoms with E-state index in [1.165, 1.54) is 10.3 Å². The third-order valence-corrected chi connectivity index (χ3v) is 5.16. The Labute approximate surface area is 198 Å². The largest absolute Gasteiger partial charge is 0.494 e. The van der Waals surface area contributed by atoms with Crippen LogP contribution in [-0.4, -0.2) is 63.4 Å². The lowest BCUT2D eigenvalue weighted by Gasteiger charge is -2.18. The molecule has 2 aromatic carbocycles. The van der Waals surface area contributed by atoms with Crippen LogP contribution in [-0.2, 0) is 0 Å². The summed E-state index contributed by atoms with van der Waals surface area (Å²) >= 11 is 0. The van der Waals surface area contributed by atoms with Crippen molar-refractivity contribution in [2.24, 2.45) is 10.9 Å². The molecule has 5 nitrogen and oxygen atoms in total. The Morgan fingerprint density at radius 1 is 1.16 bits per heavy atom. The van der Waals surface area contributed by atoms with Gasteiger partial charge in [0.25, 0.3) is 0 Å². The van der Waals surface area contributed by atoms with Crippen molar-refractivity contribution in [3.8, 4) is 5.75 Å². The molecule has 0 amide bonds. The number of nitrogens with one attached hydrogen (secondary N) is 2. The lowest BCUT2D eigenvalue weighted by molar-refractivity contribution is -0.143. The molecule has 0 aliphatic carbocycles. The van der Waals surface area contributed by atoms with Gasteiger partial charge in [0, 0.05) is 26.7 Å². The van der Waals surface area contributed by atoms with E-state index in [4.69, 9.17) is 4.74 Å². The van der Waals surface area contributed by atoms with Crippen molar-refractivity contribution < 1.29 is 17.9 Å². The number of fused-ring (bicyclic) bond motifs is 1. The molecule has 1 aliphatic rings. The fraction of sp³-hybridized carbons (Fsp3) is 0.500. The fourth-order valence-electron chi connectivity index (χ4n) is 3.66. The highest BCUT2D eigenvalue weighted by Crippen LogP contribution is 2.22. The van der Waals surface area contributed by atoms with Gasteiger partial charge in [0.1, 0.15) is 5.75 Å². The molecule has 0 aromatic heterocycles. The van der Waals surface area contributed by atoms with Gasteiger partial charge in [0.05, 0.1) is 13.2 Å². The zero-order valence-corrected chi connectivity index (χ0v) is 20.0. The number of nitrogens with zero attached hydrogens (tertiary/aromatic N) is 2. The van der Waals surface area contributed by atoms with Crippen molar-refractivity contribution in [1.29, 1.82) is 0 Å². The van der Waals surface area contributed by atoms with Gasteiger partial charge in [-0.25, -0.2) is 0 Å². The van der Waals surface area contributed by atoms with Crippen molar-refractivity contribution in [1.82, 2.24) is 15.5 Å². The molecule has 1 unspecified atom stereocenters. The van der Waals surface area contributed by atoms with Crippen molar-refractivity contribution in [2.45, 2.75) is 19.0 Å². The van der Waals surface area contributed by atoms with E-state index in [9.17, 15) is 13.2 Å². The Kier molecular flexibility index (Phi) is 10.1. The lowest BCUT2D eigenvalue weighted by Crippen LogP contribution is -2.41. The number of halogens is 4. The smallest absolute Gasteiger partial charge is 0.401 e. The summed E-state index contributed by atoms with van der Waals surface area (Å²) in [5.41, 5.74) is 0. The number of benzene rings is 2. The maximum Gasteiger partial charge on any atom is 0.401 e. The average molecular weight is 550 g/mol. The quantitative estimate of drug-likeness (QED) is 0.223. The first-order chi connectivity index (χ1) is 14.4. The van der Waals surface area contributed by atoms with Crippen molar-refractivity contribution in [2.75, 3.05) is 46.4 Å². The highest BCUT2D eigenvalue weighted by molar-refractivity contribution is 14.0. The molecule has 0 saturated carbocycles. The van der Waals surface area contributed by atoms with Crippen LogP contribution >= 0.6 is 24.0 Å². The van der Waals surface area contributed by atoms with Gasteiger partial charge in [-0.05, 0) is 48.2 Å². The molecule has 1 aliphatic heterocycles. The Morgan fingerprint density at radius 3 is 2.68 bits per heavy atom. The molecule has 172 valence electrons. The summed E-state index contributed by atoms with van der Waals surface area (Å²) in [6.45, 7) is 2.01. The molecular weight excluding hydrogens is 520 g/mol. The van der Waals surface area contributed by atoms with E-state index in [0.29, 0.717) is 38.7 Å². The molecule has 0 bridgehead atoms. The minimum atomic E-state index is -4.13. The topological polar surface area (TPSA) is 48.9 Å². The molecule has 1 fully saturated rings. The standard InChI is InChI=1S/C22H29F3N4O.HI/c1-26-21(28-14-17-9-11-29(15-17)16-22(23,24)25)27-10-4-12-30-20-8-7-18-5-2-3-6-19(18)13-20;/h2-3,5-8,13,17H,4,9-12,14-16H2,1H3,(H2,26,27,28);1H. The van der Waals surface area contributed by atoms with Crippen LogP contribution in [0.5, 0.6) is 5.75 Å². The predicted octanol–water partition coefficient (Wildman–Crippen LogP) is 4.28. The highest BCUT2D eigenvalue weighted by atomic mass is 127. The summed E-state index contributed by atoms with van der Waals surface area (Å²) in [6.07, 6.45) is -2.56. The van der Waals surface area contributed by atoms with Crippen LogP contribution in [0.1, 0.15) is 12.8 Å². The van der Waals surface area contributed by atoms with E-state index >= 15 is 0 Å². The highest BCUT2D eigenvalue weighted by Gasteiger charge is 2.34. The SMILES string of the molecule is CN=C(NCCCOc1ccc2ccccc2c1)NCC1CCN(CC(F)(F)F)C1.I. The molecule has 1 heterocycles. The average Bonchev–Trinajstić information content (AvgIpc) is 3.15. The van der Waals surface area contributed by atoms with Crippen LogP contribution in [0.25, 0.3) is 10.8 Å². The summed E-state index contributed by atoms with van der Waals surface area (Å²) in [7, 11) is 1.69. The molecule has 0 radical (unpaired) electrons. The molecule has 0 spiro atoms. The first-order valence-electron chi connectivity index (χ1n) is 10.3. The first kappa shape index (κ1) is 25.5. The number of hydrogen-bond donors (Lipinski definition) is 2.